The van der Waals surface area contributed by atoms with Crippen LogP contribution in [0.5, 0.6) is 0 Å². The summed E-state index contributed by atoms with van der Waals surface area (Å²) >= 11 is 0. The molecular weight excluding hydrogens is 304 g/mol. The molecule has 0 unspecified atom stereocenters. The predicted molar refractivity (Wildman–Crippen MR) is 92.8 cm³/mol. The Hall–Kier alpha value is -2.44. The number of aryl methyl sites for hydroxylation is 2. The van der Waals surface area contributed by atoms with Gasteiger partial charge < -0.3 is 5.32 Å². The number of nitrogens with zero attached hydrogens (tertiary/aromatic N) is 5. The highest BCUT2D eigenvalue weighted by Gasteiger charge is 2.22. The fourth-order valence-electron chi connectivity index (χ4n) is 2.80. The lowest BCUT2D eigenvalue weighted by Crippen LogP contribution is -2.24. The molecule has 7 nitrogen and oxygen atoms in total. The van der Waals surface area contributed by atoms with Crippen LogP contribution in [0.1, 0.15) is 43.9 Å². The van der Waals surface area contributed by atoms with E-state index in [0.29, 0.717) is 24.6 Å². The first-order valence-electron chi connectivity index (χ1n) is 8.56. The van der Waals surface area contributed by atoms with E-state index in [-0.39, 0.29) is 5.91 Å². The zero-order chi connectivity index (χ0) is 16.9. The van der Waals surface area contributed by atoms with Crippen molar-refractivity contribution in [1.29, 1.82) is 0 Å². The standard InChI is InChI=1S/C17H24N6O/c1-3-4-7-22-12-14(13(2)21-22)9-18-15-10-20-16(11-19-15)23-8-5-6-17(23)24/h10-12H,3-9H2,1-2H3,(H,18,19). The average molecular weight is 328 g/mol. The molecule has 128 valence electrons. The van der Waals surface area contributed by atoms with Gasteiger partial charge in [-0.15, -0.1) is 0 Å². The SMILES string of the molecule is CCCCn1cc(CNc2cnc(N3CCCC3=O)cn2)c(C)n1. The van der Waals surface area contributed by atoms with Crippen molar-refractivity contribution in [2.24, 2.45) is 0 Å². The van der Waals surface area contributed by atoms with Crippen LogP contribution in [-0.4, -0.2) is 32.2 Å². The van der Waals surface area contributed by atoms with Crippen molar-refractivity contribution >= 4 is 17.5 Å². The van der Waals surface area contributed by atoms with Gasteiger partial charge >= 0.3 is 0 Å². The highest BCUT2D eigenvalue weighted by atomic mass is 16.2. The molecule has 0 spiro atoms. The molecule has 0 atom stereocenters. The van der Waals surface area contributed by atoms with Crippen LogP contribution < -0.4 is 10.2 Å². The molecule has 3 heterocycles. The van der Waals surface area contributed by atoms with Crippen LogP contribution in [0.25, 0.3) is 0 Å². The Labute approximate surface area is 142 Å². The summed E-state index contributed by atoms with van der Waals surface area (Å²) in [6, 6.07) is 0. The van der Waals surface area contributed by atoms with Gasteiger partial charge in [0.25, 0.3) is 0 Å². The molecule has 0 saturated carbocycles. The zero-order valence-corrected chi connectivity index (χ0v) is 14.3. The Bertz CT molecular complexity index is 694. The number of amides is 1. The van der Waals surface area contributed by atoms with E-state index in [4.69, 9.17) is 0 Å². The van der Waals surface area contributed by atoms with E-state index >= 15 is 0 Å². The van der Waals surface area contributed by atoms with E-state index in [2.05, 4.69) is 33.5 Å². The van der Waals surface area contributed by atoms with Gasteiger partial charge in [0.1, 0.15) is 5.82 Å². The summed E-state index contributed by atoms with van der Waals surface area (Å²) in [7, 11) is 0. The van der Waals surface area contributed by atoms with Gasteiger partial charge in [-0.1, -0.05) is 13.3 Å². The van der Waals surface area contributed by atoms with E-state index in [1.54, 1.807) is 17.3 Å². The van der Waals surface area contributed by atoms with E-state index < -0.39 is 0 Å². The Morgan fingerprint density at radius 2 is 2.17 bits per heavy atom. The van der Waals surface area contributed by atoms with Crippen LogP contribution in [0, 0.1) is 6.92 Å². The summed E-state index contributed by atoms with van der Waals surface area (Å²) < 4.78 is 2.00. The fourth-order valence-corrected chi connectivity index (χ4v) is 2.80. The van der Waals surface area contributed by atoms with E-state index in [1.165, 1.54) is 0 Å². The zero-order valence-electron chi connectivity index (χ0n) is 14.3. The first kappa shape index (κ1) is 16.4. The molecular formula is C17H24N6O. The van der Waals surface area contributed by atoms with Crippen molar-refractivity contribution < 1.29 is 4.79 Å². The number of aromatic nitrogens is 4. The van der Waals surface area contributed by atoms with Crippen molar-refractivity contribution in [2.75, 3.05) is 16.8 Å². The number of hydrogen-bond acceptors (Lipinski definition) is 5. The molecule has 0 aromatic carbocycles. The minimum atomic E-state index is 0.125. The molecule has 1 aliphatic rings. The van der Waals surface area contributed by atoms with Gasteiger partial charge in [0.2, 0.25) is 5.91 Å². The average Bonchev–Trinajstić information content (AvgIpc) is 3.17. The molecule has 24 heavy (non-hydrogen) atoms. The molecule has 2 aromatic rings. The quantitative estimate of drug-likeness (QED) is 0.845. The first-order chi connectivity index (χ1) is 11.7. The molecule has 1 N–H and O–H groups in total. The lowest BCUT2D eigenvalue weighted by atomic mass is 10.2. The van der Waals surface area contributed by atoms with Gasteiger partial charge in [-0.2, -0.15) is 5.10 Å². The number of nitrogens with one attached hydrogen (secondary N) is 1. The summed E-state index contributed by atoms with van der Waals surface area (Å²) in [6.07, 6.45) is 9.21. The van der Waals surface area contributed by atoms with Crippen molar-refractivity contribution in [1.82, 2.24) is 19.7 Å². The number of unbranched alkanes of at least 4 members (excludes halogenated alkanes) is 1. The Kier molecular flexibility index (Phi) is 5.08. The van der Waals surface area contributed by atoms with Crippen molar-refractivity contribution in [3.05, 3.63) is 29.8 Å². The monoisotopic (exact) mass is 328 g/mol. The highest BCUT2D eigenvalue weighted by Crippen LogP contribution is 2.19. The van der Waals surface area contributed by atoms with Crippen molar-refractivity contribution in [3.8, 4) is 0 Å². The molecule has 1 aliphatic heterocycles. The van der Waals surface area contributed by atoms with Crippen LogP contribution in [-0.2, 0) is 17.9 Å². The molecule has 1 amide bonds. The fraction of sp³-hybridized carbons (Fsp3) is 0.529. The maximum Gasteiger partial charge on any atom is 0.228 e. The predicted octanol–water partition coefficient (Wildman–Crippen LogP) is 2.52. The van der Waals surface area contributed by atoms with Gasteiger partial charge in [-0.25, -0.2) is 9.97 Å². The Balaban J connectivity index is 1.58. The largest absolute Gasteiger partial charge is 0.365 e. The number of hydrogen-bond donors (Lipinski definition) is 1. The highest BCUT2D eigenvalue weighted by molar-refractivity contribution is 5.94. The van der Waals surface area contributed by atoms with Crippen molar-refractivity contribution in [3.63, 3.8) is 0 Å². The van der Waals surface area contributed by atoms with Crippen LogP contribution in [0.3, 0.4) is 0 Å². The molecule has 2 aromatic heterocycles. The first-order valence-corrected chi connectivity index (χ1v) is 8.56. The van der Waals surface area contributed by atoms with Crippen LogP contribution >= 0.6 is 0 Å². The smallest absolute Gasteiger partial charge is 0.228 e. The summed E-state index contributed by atoms with van der Waals surface area (Å²) in [5, 5.41) is 7.80. The number of anilines is 2. The number of carbonyl (C=O) groups excluding carboxylic acids is 1. The second-order valence-corrected chi connectivity index (χ2v) is 6.12. The lowest BCUT2D eigenvalue weighted by molar-refractivity contribution is -0.117. The van der Waals surface area contributed by atoms with E-state index in [1.807, 2.05) is 11.6 Å². The molecule has 0 radical (unpaired) electrons. The Morgan fingerprint density at radius 1 is 1.29 bits per heavy atom. The van der Waals surface area contributed by atoms with E-state index in [9.17, 15) is 4.79 Å². The van der Waals surface area contributed by atoms with Gasteiger partial charge in [0.15, 0.2) is 5.82 Å². The lowest BCUT2D eigenvalue weighted by Gasteiger charge is -2.14. The van der Waals surface area contributed by atoms with Crippen molar-refractivity contribution in [2.45, 2.75) is 52.6 Å². The second-order valence-electron chi connectivity index (χ2n) is 6.12. The van der Waals surface area contributed by atoms with Gasteiger partial charge in [-0.3, -0.25) is 14.4 Å². The number of carbonyl (C=O) groups is 1. The molecule has 1 saturated heterocycles. The molecule has 0 aliphatic carbocycles. The Morgan fingerprint density at radius 3 is 2.83 bits per heavy atom. The van der Waals surface area contributed by atoms with Gasteiger partial charge in [-0.05, 0) is 19.8 Å². The van der Waals surface area contributed by atoms with Crippen LogP contribution in [0.4, 0.5) is 11.6 Å². The normalized spacial score (nSPS) is 14.4. The summed E-state index contributed by atoms with van der Waals surface area (Å²) in [4.78, 5) is 22.1. The van der Waals surface area contributed by atoms with Gasteiger partial charge in [0.05, 0.1) is 18.1 Å². The maximum atomic E-state index is 11.7. The third kappa shape index (κ3) is 3.72. The molecule has 0 bridgehead atoms. The maximum absolute atomic E-state index is 11.7. The third-order valence-corrected chi connectivity index (χ3v) is 4.24. The van der Waals surface area contributed by atoms with Gasteiger partial charge in [0, 0.05) is 37.8 Å². The minimum absolute atomic E-state index is 0.125. The molecule has 3 rings (SSSR count). The summed E-state index contributed by atoms with van der Waals surface area (Å²) in [6.45, 7) is 6.55. The topological polar surface area (TPSA) is 75.9 Å². The second kappa shape index (κ2) is 7.42. The minimum Gasteiger partial charge on any atom is -0.365 e. The van der Waals surface area contributed by atoms with Crippen LogP contribution in [0.15, 0.2) is 18.6 Å². The van der Waals surface area contributed by atoms with Crippen LogP contribution in [0.2, 0.25) is 0 Å². The third-order valence-electron chi connectivity index (χ3n) is 4.24. The molecule has 1 fully saturated rings. The summed E-state index contributed by atoms with van der Waals surface area (Å²) in [5.41, 5.74) is 2.19. The number of rotatable bonds is 7. The summed E-state index contributed by atoms with van der Waals surface area (Å²) in [5.74, 6) is 1.46. The molecule has 7 heteroatoms. The van der Waals surface area contributed by atoms with E-state index in [0.717, 1.165) is 43.6 Å².